The lowest BCUT2D eigenvalue weighted by Gasteiger charge is -2.08. The van der Waals surface area contributed by atoms with Crippen LogP contribution in [0.25, 0.3) is 0 Å². The van der Waals surface area contributed by atoms with Gasteiger partial charge < -0.3 is 4.74 Å². The summed E-state index contributed by atoms with van der Waals surface area (Å²) in [4.78, 5) is 0. The van der Waals surface area contributed by atoms with Gasteiger partial charge in [0.05, 0.1) is 12.4 Å². The Balaban J connectivity index is 2.36. The van der Waals surface area contributed by atoms with Crippen molar-refractivity contribution < 1.29 is 13.2 Å². The smallest absolute Gasteiger partial charge is 0.232 e. The molecule has 1 rings (SSSR count). The first-order valence-electron chi connectivity index (χ1n) is 5.76. The van der Waals surface area contributed by atoms with Gasteiger partial charge in [0.25, 0.3) is 0 Å². The van der Waals surface area contributed by atoms with E-state index < -0.39 is 9.05 Å². The number of rotatable bonds is 7. The Bertz CT molecular complexity index is 486. The van der Waals surface area contributed by atoms with Crippen molar-refractivity contribution in [3.63, 3.8) is 0 Å². The van der Waals surface area contributed by atoms with Crippen molar-refractivity contribution in [3.8, 4) is 5.75 Å². The Morgan fingerprint density at radius 2 is 2.00 bits per heavy atom. The maximum absolute atomic E-state index is 10.7. The van der Waals surface area contributed by atoms with E-state index >= 15 is 0 Å². The molecule has 0 saturated heterocycles. The molecule has 0 aliphatic rings. The number of hydrogen-bond donors (Lipinski definition) is 0. The van der Waals surface area contributed by atoms with E-state index in [0.29, 0.717) is 19.4 Å². The predicted molar refractivity (Wildman–Crippen MR) is 75.2 cm³/mol. The van der Waals surface area contributed by atoms with E-state index in [0.717, 1.165) is 22.8 Å². The van der Waals surface area contributed by atoms with Gasteiger partial charge in [-0.25, -0.2) is 8.42 Å². The van der Waals surface area contributed by atoms with Crippen LogP contribution in [-0.4, -0.2) is 20.8 Å². The van der Waals surface area contributed by atoms with Crippen molar-refractivity contribution >= 4 is 31.3 Å². The van der Waals surface area contributed by atoms with E-state index in [4.69, 9.17) is 27.0 Å². The molecule has 0 saturated carbocycles. The fraction of sp³-hybridized carbons (Fsp3) is 0.500. The second-order valence-corrected chi connectivity index (χ2v) is 7.21. The highest BCUT2D eigenvalue weighted by atomic mass is 35.7. The fourth-order valence-corrected chi connectivity index (χ4v) is 2.61. The van der Waals surface area contributed by atoms with E-state index in [2.05, 4.69) is 0 Å². The zero-order valence-corrected chi connectivity index (χ0v) is 12.5. The third kappa shape index (κ3) is 5.94. The van der Waals surface area contributed by atoms with Gasteiger partial charge in [-0.3, -0.25) is 0 Å². The van der Waals surface area contributed by atoms with Crippen molar-refractivity contribution in [1.29, 1.82) is 0 Å². The number of halogens is 2. The van der Waals surface area contributed by atoms with Crippen molar-refractivity contribution in [1.82, 2.24) is 0 Å². The second kappa shape index (κ2) is 7.22. The zero-order valence-electron chi connectivity index (χ0n) is 10.2. The van der Waals surface area contributed by atoms with Crippen LogP contribution in [0.1, 0.15) is 25.3 Å². The number of aryl methyl sites for hydroxylation is 1. The normalized spacial score (nSPS) is 11.5. The summed E-state index contributed by atoms with van der Waals surface area (Å²) in [7, 11) is 1.72. The largest absolute Gasteiger partial charge is 0.494 e. The molecule has 0 unspecified atom stereocenters. The number of ether oxygens (including phenoxy) is 1. The van der Waals surface area contributed by atoms with Crippen LogP contribution in [-0.2, 0) is 15.5 Å². The van der Waals surface area contributed by atoms with Crippen LogP contribution >= 0.6 is 22.3 Å². The third-order valence-electron chi connectivity index (χ3n) is 2.45. The van der Waals surface area contributed by atoms with Crippen molar-refractivity contribution in [3.05, 3.63) is 28.8 Å². The van der Waals surface area contributed by atoms with Gasteiger partial charge in [-0.1, -0.05) is 18.5 Å². The summed E-state index contributed by atoms with van der Waals surface area (Å²) in [6.45, 7) is 2.49. The highest BCUT2D eigenvalue weighted by molar-refractivity contribution is 8.13. The van der Waals surface area contributed by atoms with Gasteiger partial charge in [0.15, 0.2) is 0 Å². The molecule has 0 amide bonds. The van der Waals surface area contributed by atoms with Crippen LogP contribution in [0.15, 0.2) is 18.2 Å². The number of unbranched alkanes of at least 4 members (excludes halogenated alkanes) is 1. The average molecular weight is 311 g/mol. The van der Waals surface area contributed by atoms with E-state index in [1.54, 1.807) is 12.1 Å². The van der Waals surface area contributed by atoms with E-state index in [1.165, 1.54) is 0 Å². The van der Waals surface area contributed by atoms with Gasteiger partial charge in [-0.15, -0.1) is 0 Å². The molecule has 0 atom stereocenters. The Morgan fingerprint density at radius 3 is 2.61 bits per heavy atom. The lowest BCUT2D eigenvalue weighted by atomic mass is 10.1. The first-order valence-corrected chi connectivity index (χ1v) is 8.61. The van der Waals surface area contributed by atoms with Crippen LogP contribution in [0.2, 0.25) is 5.02 Å². The molecule has 0 fully saturated rings. The summed E-state index contributed by atoms with van der Waals surface area (Å²) in [5.74, 6) is 0.739. The molecule has 0 spiro atoms. The molecule has 6 heteroatoms. The summed E-state index contributed by atoms with van der Waals surface area (Å²) >= 11 is 5.99. The monoisotopic (exact) mass is 310 g/mol. The van der Waals surface area contributed by atoms with Crippen molar-refractivity contribution in [2.45, 2.75) is 26.2 Å². The van der Waals surface area contributed by atoms with Gasteiger partial charge in [-0.2, -0.15) is 0 Å². The number of benzene rings is 1. The molecule has 18 heavy (non-hydrogen) atoms. The second-order valence-electron chi connectivity index (χ2n) is 3.91. The third-order valence-corrected chi connectivity index (χ3v) is 4.06. The van der Waals surface area contributed by atoms with Gasteiger partial charge >= 0.3 is 0 Å². The molecule has 3 nitrogen and oxygen atoms in total. The minimum atomic E-state index is -3.39. The predicted octanol–water partition coefficient (Wildman–Crippen LogP) is 3.63. The average Bonchev–Trinajstić information content (AvgIpc) is 2.29. The summed E-state index contributed by atoms with van der Waals surface area (Å²) in [6, 6.07) is 5.51. The molecule has 0 radical (unpaired) electrons. The maximum Gasteiger partial charge on any atom is 0.232 e. The van der Waals surface area contributed by atoms with Gasteiger partial charge in [-0.05, 0) is 43.0 Å². The zero-order chi connectivity index (χ0) is 13.6. The van der Waals surface area contributed by atoms with Crippen LogP contribution < -0.4 is 4.74 Å². The number of hydrogen-bond acceptors (Lipinski definition) is 3. The lowest BCUT2D eigenvalue weighted by Crippen LogP contribution is -2.02. The Kier molecular flexibility index (Phi) is 6.26. The van der Waals surface area contributed by atoms with Crippen LogP contribution in [0.4, 0.5) is 0 Å². The Morgan fingerprint density at radius 1 is 1.28 bits per heavy atom. The maximum atomic E-state index is 10.7. The molecule has 0 aromatic heterocycles. The molecular weight excluding hydrogens is 295 g/mol. The topological polar surface area (TPSA) is 43.4 Å². The molecular formula is C12H16Cl2O3S. The van der Waals surface area contributed by atoms with E-state index in [9.17, 15) is 8.42 Å². The van der Waals surface area contributed by atoms with Crippen molar-refractivity contribution in [2.24, 2.45) is 0 Å². The van der Waals surface area contributed by atoms with Crippen LogP contribution in [0.5, 0.6) is 5.75 Å². The SMILES string of the molecule is CCc1cc(OCCCCS(=O)(=O)Cl)ccc1Cl. The summed E-state index contributed by atoms with van der Waals surface area (Å²) < 4.78 is 26.9. The fourth-order valence-electron chi connectivity index (χ4n) is 1.48. The van der Waals surface area contributed by atoms with Gasteiger partial charge in [0.2, 0.25) is 9.05 Å². The Labute approximate surface area is 117 Å². The highest BCUT2D eigenvalue weighted by Gasteiger charge is 2.05. The molecule has 1 aromatic carbocycles. The summed E-state index contributed by atoms with van der Waals surface area (Å²) in [5, 5.41) is 0.734. The van der Waals surface area contributed by atoms with Crippen molar-refractivity contribution in [2.75, 3.05) is 12.4 Å². The van der Waals surface area contributed by atoms with Gasteiger partial charge in [0, 0.05) is 15.7 Å². The molecule has 0 bridgehead atoms. The minimum absolute atomic E-state index is 0.0151. The molecule has 102 valence electrons. The van der Waals surface area contributed by atoms with E-state index in [-0.39, 0.29) is 5.75 Å². The minimum Gasteiger partial charge on any atom is -0.494 e. The van der Waals surface area contributed by atoms with Crippen LogP contribution in [0, 0.1) is 0 Å². The highest BCUT2D eigenvalue weighted by Crippen LogP contribution is 2.22. The molecule has 0 heterocycles. The summed E-state index contributed by atoms with van der Waals surface area (Å²) in [5.41, 5.74) is 1.04. The molecule has 0 aliphatic heterocycles. The molecule has 1 aromatic rings. The lowest BCUT2D eigenvalue weighted by molar-refractivity contribution is 0.309. The summed E-state index contributed by atoms with van der Waals surface area (Å²) in [6.07, 6.45) is 2.00. The van der Waals surface area contributed by atoms with Gasteiger partial charge in [0.1, 0.15) is 5.75 Å². The molecule has 0 N–H and O–H groups in total. The first-order chi connectivity index (χ1) is 8.42. The van der Waals surface area contributed by atoms with E-state index in [1.807, 2.05) is 13.0 Å². The quantitative estimate of drug-likeness (QED) is 0.570. The molecule has 0 aliphatic carbocycles. The van der Waals surface area contributed by atoms with Crippen LogP contribution in [0.3, 0.4) is 0 Å². The first kappa shape index (κ1) is 15.6. The standard InChI is InChI=1S/C12H16Cl2O3S/c1-2-10-9-11(5-6-12(10)13)17-7-3-4-8-18(14,15)16/h5-6,9H,2-4,7-8H2,1H3. The Hall–Kier alpha value is -0.450.